The van der Waals surface area contributed by atoms with Crippen LogP contribution in [0.3, 0.4) is 0 Å². The molecule has 3 N–H and O–H groups in total. The van der Waals surface area contributed by atoms with E-state index in [4.69, 9.17) is 11.0 Å². The van der Waals surface area contributed by atoms with E-state index in [1.165, 1.54) is 0 Å². The van der Waals surface area contributed by atoms with Crippen molar-refractivity contribution in [3.63, 3.8) is 0 Å². The monoisotopic (exact) mass is 234 g/mol. The van der Waals surface area contributed by atoms with E-state index in [1.54, 1.807) is 6.07 Å². The standard InChI is InChI=1S/C14H10N4/c15-7-9-5-6-13(18-14(9)16)11-8-17-12-4-2-1-3-10(11)12/h1-6,8,17H,(H2,16,18). The van der Waals surface area contributed by atoms with Gasteiger partial charge in [0.2, 0.25) is 0 Å². The lowest BCUT2D eigenvalue weighted by molar-refractivity contribution is 1.31. The van der Waals surface area contributed by atoms with Crippen molar-refractivity contribution in [1.82, 2.24) is 9.97 Å². The van der Waals surface area contributed by atoms with Gasteiger partial charge in [0.1, 0.15) is 11.9 Å². The summed E-state index contributed by atoms with van der Waals surface area (Å²) in [6, 6.07) is 13.5. The number of nitriles is 1. The third-order valence-corrected chi connectivity index (χ3v) is 2.91. The van der Waals surface area contributed by atoms with Gasteiger partial charge in [-0.25, -0.2) is 4.98 Å². The number of para-hydroxylation sites is 1. The second-order valence-corrected chi connectivity index (χ2v) is 3.99. The fraction of sp³-hybridized carbons (Fsp3) is 0. The summed E-state index contributed by atoms with van der Waals surface area (Å²) in [4.78, 5) is 7.46. The molecule has 0 spiro atoms. The molecule has 0 aliphatic carbocycles. The van der Waals surface area contributed by atoms with Crippen LogP contribution in [0, 0.1) is 11.3 Å². The Labute approximate surface area is 104 Å². The summed E-state index contributed by atoms with van der Waals surface area (Å²) in [5.41, 5.74) is 8.95. The van der Waals surface area contributed by atoms with Crippen LogP contribution in [-0.2, 0) is 0 Å². The van der Waals surface area contributed by atoms with E-state index in [0.717, 1.165) is 22.2 Å². The highest BCUT2D eigenvalue weighted by Gasteiger charge is 2.08. The molecule has 2 aromatic heterocycles. The minimum Gasteiger partial charge on any atom is -0.383 e. The maximum atomic E-state index is 8.84. The molecule has 3 rings (SSSR count). The van der Waals surface area contributed by atoms with Crippen molar-refractivity contribution < 1.29 is 0 Å². The van der Waals surface area contributed by atoms with Gasteiger partial charge >= 0.3 is 0 Å². The van der Waals surface area contributed by atoms with Gasteiger partial charge in [-0.1, -0.05) is 18.2 Å². The number of nitrogens with one attached hydrogen (secondary N) is 1. The molecule has 18 heavy (non-hydrogen) atoms. The number of nitrogen functional groups attached to an aromatic ring is 1. The molecule has 0 aliphatic heterocycles. The average Bonchev–Trinajstić information content (AvgIpc) is 2.82. The molecule has 0 amide bonds. The Morgan fingerprint density at radius 1 is 1.17 bits per heavy atom. The van der Waals surface area contributed by atoms with E-state index in [-0.39, 0.29) is 5.82 Å². The molecule has 0 bridgehead atoms. The number of pyridine rings is 1. The molecule has 86 valence electrons. The predicted octanol–water partition coefficient (Wildman–Crippen LogP) is 2.68. The molecule has 0 unspecified atom stereocenters. The van der Waals surface area contributed by atoms with Gasteiger partial charge in [0, 0.05) is 22.7 Å². The predicted molar refractivity (Wildman–Crippen MR) is 70.7 cm³/mol. The van der Waals surface area contributed by atoms with Crippen LogP contribution in [0.4, 0.5) is 5.82 Å². The number of H-pyrrole nitrogens is 1. The molecule has 4 nitrogen and oxygen atoms in total. The molecule has 0 atom stereocenters. The summed E-state index contributed by atoms with van der Waals surface area (Å²) in [5, 5.41) is 9.93. The molecule has 4 heteroatoms. The second-order valence-electron chi connectivity index (χ2n) is 3.99. The number of nitrogens with two attached hydrogens (primary N) is 1. The van der Waals surface area contributed by atoms with Crippen molar-refractivity contribution in [2.24, 2.45) is 0 Å². The van der Waals surface area contributed by atoms with E-state index < -0.39 is 0 Å². The summed E-state index contributed by atoms with van der Waals surface area (Å²) < 4.78 is 0. The van der Waals surface area contributed by atoms with Gasteiger partial charge in [0.15, 0.2) is 0 Å². The Kier molecular flexibility index (Phi) is 2.24. The Hall–Kier alpha value is -2.80. The molecule has 2 heterocycles. The summed E-state index contributed by atoms with van der Waals surface area (Å²) in [7, 11) is 0. The molecular weight excluding hydrogens is 224 g/mol. The lowest BCUT2D eigenvalue weighted by atomic mass is 10.1. The molecule has 3 aromatic rings. The Bertz CT molecular complexity index is 765. The first kappa shape index (κ1) is 10.4. The van der Waals surface area contributed by atoms with Gasteiger partial charge in [-0.15, -0.1) is 0 Å². The van der Waals surface area contributed by atoms with E-state index in [0.29, 0.717) is 5.56 Å². The Balaban J connectivity index is 2.21. The fourth-order valence-corrected chi connectivity index (χ4v) is 2.00. The zero-order valence-corrected chi connectivity index (χ0v) is 9.51. The lowest BCUT2D eigenvalue weighted by Gasteiger charge is -2.01. The molecule has 0 fully saturated rings. The number of rotatable bonds is 1. The second kappa shape index (κ2) is 3.90. The highest BCUT2D eigenvalue weighted by molar-refractivity contribution is 5.94. The SMILES string of the molecule is N#Cc1ccc(-c2c[nH]c3ccccc23)nc1N. The van der Waals surface area contributed by atoms with Gasteiger partial charge in [-0.3, -0.25) is 0 Å². The molecule has 1 aromatic carbocycles. The summed E-state index contributed by atoms with van der Waals surface area (Å²) >= 11 is 0. The van der Waals surface area contributed by atoms with Crippen LogP contribution < -0.4 is 5.73 Å². The zero-order chi connectivity index (χ0) is 12.5. The van der Waals surface area contributed by atoms with Crippen LogP contribution in [0.15, 0.2) is 42.6 Å². The summed E-state index contributed by atoms with van der Waals surface area (Å²) in [6.07, 6.45) is 1.90. The van der Waals surface area contributed by atoms with Crippen LogP contribution in [-0.4, -0.2) is 9.97 Å². The van der Waals surface area contributed by atoms with Crippen molar-refractivity contribution in [3.05, 3.63) is 48.2 Å². The first-order chi connectivity index (χ1) is 8.79. The first-order valence-electron chi connectivity index (χ1n) is 5.52. The molecule has 0 saturated heterocycles. The van der Waals surface area contributed by atoms with Gasteiger partial charge < -0.3 is 10.7 Å². The van der Waals surface area contributed by atoms with Crippen LogP contribution in [0.5, 0.6) is 0 Å². The topological polar surface area (TPSA) is 78.5 Å². The van der Waals surface area contributed by atoms with Crippen LogP contribution in [0.1, 0.15) is 5.56 Å². The summed E-state index contributed by atoms with van der Waals surface area (Å²) in [5.74, 6) is 0.264. The van der Waals surface area contributed by atoms with E-state index >= 15 is 0 Å². The van der Waals surface area contributed by atoms with E-state index in [9.17, 15) is 0 Å². The number of hydrogen-bond donors (Lipinski definition) is 2. The number of anilines is 1. The minimum absolute atomic E-state index is 0.264. The third-order valence-electron chi connectivity index (χ3n) is 2.91. The maximum absolute atomic E-state index is 8.84. The molecule has 0 saturated carbocycles. The smallest absolute Gasteiger partial charge is 0.142 e. The number of nitrogens with zero attached hydrogens (tertiary/aromatic N) is 2. The van der Waals surface area contributed by atoms with Crippen LogP contribution in [0.2, 0.25) is 0 Å². The van der Waals surface area contributed by atoms with Crippen molar-refractivity contribution >= 4 is 16.7 Å². The molecule has 0 radical (unpaired) electrons. The number of aromatic nitrogens is 2. The highest BCUT2D eigenvalue weighted by atomic mass is 14.8. The number of fused-ring (bicyclic) bond motifs is 1. The van der Waals surface area contributed by atoms with E-state index in [2.05, 4.69) is 9.97 Å². The normalized spacial score (nSPS) is 10.4. The van der Waals surface area contributed by atoms with Gasteiger partial charge in [0.05, 0.1) is 11.3 Å². The number of hydrogen-bond acceptors (Lipinski definition) is 3. The average molecular weight is 234 g/mol. The number of benzene rings is 1. The zero-order valence-electron chi connectivity index (χ0n) is 9.51. The van der Waals surface area contributed by atoms with Gasteiger partial charge in [-0.05, 0) is 18.2 Å². The van der Waals surface area contributed by atoms with Gasteiger partial charge in [-0.2, -0.15) is 5.26 Å². The van der Waals surface area contributed by atoms with Crippen molar-refractivity contribution in [3.8, 4) is 17.3 Å². The first-order valence-corrected chi connectivity index (χ1v) is 5.52. The van der Waals surface area contributed by atoms with Crippen molar-refractivity contribution in [2.75, 3.05) is 5.73 Å². The van der Waals surface area contributed by atoms with Crippen LogP contribution >= 0.6 is 0 Å². The summed E-state index contributed by atoms with van der Waals surface area (Å²) in [6.45, 7) is 0. The fourth-order valence-electron chi connectivity index (χ4n) is 2.00. The molecular formula is C14H10N4. The molecule has 0 aliphatic rings. The van der Waals surface area contributed by atoms with Crippen LogP contribution in [0.25, 0.3) is 22.2 Å². The minimum atomic E-state index is 0.264. The number of aromatic amines is 1. The van der Waals surface area contributed by atoms with E-state index in [1.807, 2.05) is 42.6 Å². The van der Waals surface area contributed by atoms with Crippen molar-refractivity contribution in [1.29, 1.82) is 5.26 Å². The lowest BCUT2D eigenvalue weighted by Crippen LogP contribution is -1.95. The quantitative estimate of drug-likeness (QED) is 0.679. The maximum Gasteiger partial charge on any atom is 0.142 e. The highest BCUT2D eigenvalue weighted by Crippen LogP contribution is 2.28. The Morgan fingerprint density at radius 2 is 2.00 bits per heavy atom. The third kappa shape index (κ3) is 1.50. The largest absolute Gasteiger partial charge is 0.383 e. The van der Waals surface area contributed by atoms with Gasteiger partial charge in [0.25, 0.3) is 0 Å². The van der Waals surface area contributed by atoms with Crippen molar-refractivity contribution in [2.45, 2.75) is 0 Å². The Morgan fingerprint density at radius 3 is 2.78 bits per heavy atom.